The quantitative estimate of drug-likeness (QED) is 0.188. The van der Waals surface area contributed by atoms with Crippen LogP contribution < -0.4 is 0 Å². The summed E-state index contributed by atoms with van der Waals surface area (Å²) >= 11 is 0. The minimum absolute atomic E-state index is 0.605. The third-order valence-electron chi connectivity index (χ3n) is 9.42. The van der Waals surface area contributed by atoms with Gasteiger partial charge in [0.05, 0.1) is 11.0 Å². The van der Waals surface area contributed by atoms with E-state index in [1.807, 2.05) is 66.7 Å². The molecule has 0 bridgehead atoms. The Hall–Kier alpha value is -6.85. The number of hydrogen-bond acceptors (Lipinski definition) is 4. The Labute approximate surface area is 287 Å². The van der Waals surface area contributed by atoms with E-state index in [1.165, 1.54) is 10.8 Å². The van der Waals surface area contributed by atoms with Gasteiger partial charge in [0.25, 0.3) is 0 Å². The molecule has 10 aromatic rings. The monoisotopic (exact) mass is 640 g/mol. The van der Waals surface area contributed by atoms with Crippen molar-refractivity contribution in [1.29, 1.82) is 0 Å². The second-order valence-corrected chi connectivity index (χ2v) is 12.5. The zero-order valence-electron chi connectivity index (χ0n) is 26.9. The first-order valence-corrected chi connectivity index (χ1v) is 16.7. The first-order valence-electron chi connectivity index (χ1n) is 16.7. The Morgan fingerprint density at radius 1 is 0.380 bits per heavy atom. The molecule has 0 saturated carbocycles. The highest BCUT2D eigenvalue weighted by molar-refractivity contribution is 6.19. The fourth-order valence-corrected chi connectivity index (χ4v) is 7.09. The Bertz CT molecular complexity index is 2780. The molecule has 50 heavy (non-hydrogen) atoms. The van der Waals surface area contributed by atoms with E-state index in [0.29, 0.717) is 17.5 Å². The normalized spacial score (nSPS) is 11.6. The molecule has 0 unspecified atom stereocenters. The van der Waals surface area contributed by atoms with Gasteiger partial charge in [-0.2, -0.15) is 0 Å². The van der Waals surface area contributed by atoms with Crippen LogP contribution in [0.1, 0.15) is 0 Å². The Morgan fingerprint density at radius 2 is 0.920 bits per heavy atom. The molecule has 234 valence electrons. The standard InChI is InChI=1S/C45H28N4O/c1-5-15-29(16-6-1)35-25-32(45-47-43(30-17-7-2-8-18-30)46-44(48-45)31-19-9-3-10-20-31)26-38-37-27-36-34-23-13-14-24-39(34)49(33-21-11-4-12-22-33)40(36)28-41(37)50-42(35)38/h1-28H. The van der Waals surface area contributed by atoms with Crippen LogP contribution in [0.15, 0.2) is 174 Å². The maximum absolute atomic E-state index is 6.84. The number of rotatable bonds is 5. The summed E-state index contributed by atoms with van der Waals surface area (Å²) in [5.74, 6) is 1.86. The van der Waals surface area contributed by atoms with Crippen LogP contribution in [-0.4, -0.2) is 19.5 Å². The minimum Gasteiger partial charge on any atom is -0.455 e. The van der Waals surface area contributed by atoms with Crippen molar-refractivity contribution in [2.24, 2.45) is 0 Å². The lowest BCUT2D eigenvalue weighted by molar-refractivity contribution is 0.670. The smallest absolute Gasteiger partial charge is 0.164 e. The molecule has 0 N–H and O–H groups in total. The van der Waals surface area contributed by atoms with E-state index in [9.17, 15) is 0 Å². The zero-order chi connectivity index (χ0) is 33.0. The van der Waals surface area contributed by atoms with Gasteiger partial charge in [0, 0.05) is 55.6 Å². The predicted molar refractivity (Wildman–Crippen MR) is 203 cm³/mol. The molecule has 0 spiro atoms. The van der Waals surface area contributed by atoms with Crippen LogP contribution in [0.2, 0.25) is 0 Å². The number of furan rings is 1. The highest BCUT2D eigenvalue weighted by Gasteiger charge is 2.21. The van der Waals surface area contributed by atoms with Crippen molar-refractivity contribution in [3.63, 3.8) is 0 Å². The van der Waals surface area contributed by atoms with Gasteiger partial charge in [0.15, 0.2) is 17.5 Å². The van der Waals surface area contributed by atoms with E-state index in [0.717, 1.165) is 66.5 Å². The number of nitrogens with zero attached hydrogens (tertiary/aromatic N) is 4. The maximum Gasteiger partial charge on any atom is 0.164 e. The Morgan fingerprint density at radius 3 is 1.56 bits per heavy atom. The average molecular weight is 641 g/mol. The summed E-state index contributed by atoms with van der Waals surface area (Å²) < 4.78 is 9.16. The summed E-state index contributed by atoms with van der Waals surface area (Å²) in [4.78, 5) is 15.1. The molecule has 10 rings (SSSR count). The summed E-state index contributed by atoms with van der Waals surface area (Å²) in [6.45, 7) is 0. The van der Waals surface area contributed by atoms with Crippen LogP contribution in [0.3, 0.4) is 0 Å². The molecular weight excluding hydrogens is 613 g/mol. The molecule has 0 aliphatic rings. The van der Waals surface area contributed by atoms with Crippen molar-refractivity contribution in [1.82, 2.24) is 19.5 Å². The lowest BCUT2D eigenvalue weighted by Gasteiger charge is -2.10. The van der Waals surface area contributed by atoms with Crippen LogP contribution in [0.5, 0.6) is 0 Å². The molecule has 0 aliphatic carbocycles. The van der Waals surface area contributed by atoms with Crippen molar-refractivity contribution in [3.05, 3.63) is 170 Å². The highest BCUT2D eigenvalue weighted by atomic mass is 16.3. The molecule has 7 aromatic carbocycles. The molecule has 3 heterocycles. The summed E-state index contributed by atoms with van der Waals surface area (Å²) in [6, 6.07) is 58.5. The molecule has 0 atom stereocenters. The van der Waals surface area contributed by atoms with E-state index < -0.39 is 0 Å². The maximum atomic E-state index is 6.84. The van der Waals surface area contributed by atoms with Crippen LogP contribution in [-0.2, 0) is 0 Å². The summed E-state index contributed by atoms with van der Waals surface area (Å²) in [7, 11) is 0. The number of fused-ring (bicyclic) bond motifs is 6. The van der Waals surface area contributed by atoms with Crippen molar-refractivity contribution in [3.8, 4) is 51.0 Å². The van der Waals surface area contributed by atoms with E-state index in [2.05, 4.69) is 108 Å². The predicted octanol–water partition coefficient (Wildman–Crippen LogP) is 11.5. The van der Waals surface area contributed by atoms with Gasteiger partial charge in [0.2, 0.25) is 0 Å². The Kier molecular flexibility index (Phi) is 6.42. The van der Waals surface area contributed by atoms with Gasteiger partial charge in [0.1, 0.15) is 11.2 Å². The van der Waals surface area contributed by atoms with Crippen LogP contribution in [0.4, 0.5) is 0 Å². The summed E-state index contributed by atoms with van der Waals surface area (Å²) in [5.41, 5.74) is 9.83. The van der Waals surface area contributed by atoms with Crippen molar-refractivity contribution in [2.45, 2.75) is 0 Å². The van der Waals surface area contributed by atoms with Gasteiger partial charge >= 0.3 is 0 Å². The SMILES string of the molecule is c1ccc(-c2nc(-c3ccccc3)nc(-c3cc(-c4ccccc4)c4oc5cc6c(cc5c4c3)c3ccccc3n6-c3ccccc3)n2)cc1. The fraction of sp³-hybridized carbons (Fsp3) is 0. The van der Waals surface area contributed by atoms with Gasteiger partial charge in [-0.25, -0.2) is 15.0 Å². The van der Waals surface area contributed by atoms with Crippen LogP contribution in [0.25, 0.3) is 94.7 Å². The second kappa shape index (κ2) is 11.4. The molecule has 0 fully saturated rings. The van der Waals surface area contributed by atoms with Crippen molar-refractivity contribution < 1.29 is 4.42 Å². The van der Waals surface area contributed by atoms with Crippen LogP contribution in [0, 0.1) is 0 Å². The fourth-order valence-electron chi connectivity index (χ4n) is 7.09. The van der Waals surface area contributed by atoms with Gasteiger partial charge < -0.3 is 8.98 Å². The van der Waals surface area contributed by atoms with Gasteiger partial charge in [-0.15, -0.1) is 0 Å². The van der Waals surface area contributed by atoms with E-state index >= 15 is 0 Å². The number of hydrogen-bond donors (Lipinski definition) is 0. The molecule has 0 radical (unpaired) electrons. The highest BCUT2D eigenvalue weighted by Crippen LogP contribution is 2.42. The van der Waals surface area contributed by atoms with E-state index in [-0.39, 0.29) is 0 Å². The molecule has 5 heteroatoms. The molecule has 0 amide bonds. The largest absolute Gasteiger partial charge is 0.455 e. The number of para-hydroxylation sites is 2. The molecule has 3 aromatic heterocycles. The molecule has 0 aliphatic heterocycles. The first kappa shape index (κ1) is 28.2. The zero-order valence-corrected chi connectivity index (χ0v) is 26.9. The van der Waals surface area contributed by atoms with Crippen molar-refractivity contribution >= 4 is 43.7 Å². The average Bonchev–Trinajstić information content (AvgIpc) is 3.72. The van der Waals surface area contributed by atoms with E-state index in [1.54, 1.807) is 0 Å². The summed E-state index contributed by atoms with van der Waals surface area (Å²) in [5, 5.41) is 4.42. The molecule has 5 nitrogen and oxygen atoms in total. The molecule has 0 saturated heterocycles. The lowest BCUT2D eigenvalue weighted by atomic mass is 9.98. The van der Waals surface area contributed by atoms with Gasteiger partial charge in [-0.3, -0.25) is 0 Å². The van der Waals surface area contributed by atoms with Gasteiger partial charge in [-0.05, 0) is 42.0 Å². The summed E-state index contributed by atoms with van der Waals surface area (Å²) in [6.07, 6.45) is 0. The Balaban J connectivity index is 1.28. The van der Waals surface area contributed by atoms with Crippen molar-refractivity contribution in [2.75, 3.05) is 0 Å². The van der Waals surface area contributed by atoms with Crippen LogP contribution >= 0.6 is 0 Å². The minimum atomic E-state index is 0.605. The molecular formula is C45H28N4O. The first-order chi connectivity index (χ1) is 24.8. The third kappa shape index (κ3) is 4.60. The lowest BCUT2D eigenvalue weighted by Crippen LogP contribution is -2.00. The number of aromatic nitrogens is 4. The topological polar surface area (TPSA) is 56.7 Å². The van der Waals surface area contributed by atoms with Gasteiger partial charge in [-0.1, -0.05) is 127 Å². The number of benzene rings is 7. The van der Waals surface area contributed by atoms with E-state index in [4.69, 9.17) is 19.4 Å². The third-order valence-corrected chi connectivity index (χ3v) is 9.42. The second-order valence-electron chi connectivity index (χ2n) is 12.5.